The van der Waals surface area contributed by atoms with Crippen molar-refractivity contribution >= 4 is 64.1 Å². The number of halogens is 1. The highest BCUT2D eigenvalue weighted by molar-refractivity contribution is 8.04. The number of rotatable bonds is 9. The number of hydrogen-bond donors (Lipinski definition) is 1. The van der Waals surface area contributed by atoms with E-state index in [0.717, 1.165) is 16.6 Å². The van der Waals surface area contributed by atoms with Crippen LogP contribution in [0, 0.1) is 10.1 Å². The second kappa shape index (κ2) is 11.8. The van der Waals surface area contributed by atoms with Crippen molar-refractivity contribution in [2.45, 2.75) is 31.4 Å². The van der Waals surface area contributed by atoms with Crippen LogP contribution in [0.5, 0.6) is 0 Å². The number of fused-ring (bicyclic) bond motifs is 1. The number of carbonyl (C=O) groups excluding carboxylic acids is 4. The molecule has 11 nitrogen and oxygen atoms in total. The summed E-state index contributed by atoms with van der Waals surface area (Å²) in [6.45, 7) is 0.626. The van der Waals surface area contributed by atoms with E-state index >= 15 is 0 Å². The molecule has 2 aliphatic rings. The van der Waals surface area contributed by atoms with Gasteiger partial charge in [0.25, 0.3) is 11.6 Å². The van der Waals surface area contributed by atoms with E-state index in [2.05, 4.69) is 5.32 Å². The molecule has 14 heteroatoms. The number of non-ortho nitro benzene ring substituents is 1. The number of carbonyl (C=O) groups is 4. The number of nitrogens with one attached hydrogen (secondary N) is 1. The van der Waals surface area contributed by atoms with Gasteiger partial charge >= 0.3 is 11.9 Å². The fourth-order valence-electron chi connectivity index (χ4n) is 3.77. The fourth-order valence-corrected chi connectivity index (χ4v) is 6.01. The average Bonchev–Trinajstić information content (AvgIpc) is 3.41. The Morgan fingerprint density at radius 1 is 1.18 bits per heavy atom. The number of ether oxygens (including phenoxy) is 2. The number of esters is 2. The van der Waals surface area contributed by atoms with Crippen LogP contribution in [0.25, 0.3) is 0 Å². The Bertz CT molecular complexity index is 1340. The predicted molar refractivity (Wildman–Crippen MR) is 139 cm³/mol. The van der Waals surface area contributed by atoms with Crippen molar-refractivity contribution in [2.75, 3.05) is 6.61 Å². The standard InChI is InChI=1S/C24H20ClN3O8S2/c1-13(29)35-12-17-18(10-25)38-23-20(26-19(30)9-16-3-2-8-37-16)22(31)27(23)21(17)24(32)36-11-14-4-6-15(7-5-14)28(33)34/h2-8,10,20,23H,9,11-12H2,1H3,(H,26,30)/t20?,23-/m0/s1. The number of nitro groups is 1. The zero-order chi connectivity index (χ0) is 27.4. The number of nitro benzene ring substituents is 1. The Hall–Kier alpha value is -3.68. The van der Waals surface area contributed by atoms with E-state index in [0.29, 0.717) is 10.5 Å². The molecule has 1 unspecified atom stereocenters. The number of hydrogen-bond acceptors (Lipinski definition) is 10. The van der Waals surface area contributed by atoms with Crippen LogP contribution in [0.3, 0.4) is 0 Å². The van der Waals surface area contributed by atoms with E-state index in [-0.39, 0.29) is 42.5 Å². The SMILES string of the molecule is CC(=O)OCC1=C(C(=O)OCc2ccc([N+](=O)[O-])cc2)N2C(=O)C(NC(=O)Cc3cccs3)[C@@H]2SC1=CCl. The summed E-state index contributed by atoms with van der Waals surface area (Å²) in [6.07, 6.45) is 0.106. The topological polar surface area (TPSA) is 145 Å². The lowest BCUT2D eigenvalue weighted by Gasteiger charge is -2.50. The molecule has 1 fully saturated rings. The van der Waals surface area contributed by atoms with Crippen LogP contribution >= 0.6 is 34.7 Å². The van der Waals surface area contributed by atoms with Crippen LogP contribution in [0.4, 0.5) is 5.69 Å². The fraction of sp³-hybridized carbons (Fsp3) is 0.250. The van der Waals surface area contributed by atoms with Crippen molar-refractivity contribution in [3.8, 4) is 0 Å². The van der Waals surface area contributed by atoms with E-state index in [1.165, 1.54) is 53.0 Å². The largest absolute Gasteiger partial charge is 0.461 e. The quantitative estimate of drug-likeness (QED) is 0.205. The van der Waals surface area contributed by atoms with Crippen molar-refractivity contribution in [1.82, 2.24) is 10.2 Å². The van der Waals surface area contributed by atoms with Crippen molar-refractivity contribution in [2.24, 2.45) is 0 Å². The molecule has 4 rings (SSSR count). The number of nitrogens with zero attached hydrogens (tertiary/aromatic N) is 2. The Labute approximate surface area is 229 Å². The van der Waals surface area contributed by atoms with Gasteiger partial charge in [-0.2, -0.15) is 0 Å². The minimum Gasteiger partial charge on any atom is -0.461 e. The second-order valence-electron chi connectivity index (χ2n) is 8.10. The summed E-state index contributed by atoms with van der Waals surface area (Å²) in [5, 5.41) is 14.7. The summed E-state index contributed by atoms with van der Waals surface area (Å²) in [5.41, 5.74) is 1.60. The van der Waals surface area contributed by atoms with Crippen molar-refractivity contribution in [3.05, 3.63) is 84.0 Å². The Morgan fingerprint density at radius 2 is 1.92 bits per heavy atom. The first-order valence-electron chi connectivity index (χ1n) is 11.1. The molecule has 0 spiro atoms. The number of β-lactam (4-membered cyclic amide) rings is 1. The molecular weight excluding hydrogens is 558 g/mol. The van der Waals surface area contributed by atoms with Gasteiger partial charge in [0.1, 0.15) is 30.3 Å². The second-order valence-corrected chi connectivity index (χ2v) is 10.5. The molecule has 1 saturated heterocycles. The molecular formula is C24H20ClN3O8S2. The summed E-state index contributed by atoms with van der Waals surface area (Å²) >= 11 is 8.60. The van der Waals surface area contributed by atoms with Gasteiger partial charge < -0.3 is 14.8 Å². The first-order chi connectivity index (χ1) is 18.2. The van der Waals surface area contributed by atoms with Gasteiger partial charge in [0, 0.05) is 39.9 Å². The van der Waals surface area contributed by atoms with Crippen LogP contribution in [-0.2, 0) is 41.7 Å². The number of thiophene rings is 1. The van der Waals surface area contributed by atoms with E-state index in [1.807, 2.05) is 17.5 Å². The third-order valence-electron chi connectivity index (χ3n) is 5.58. The van der Waals surface area contributed by atoms with E-state index < -0.39 is 34.2 Å². The van der Waals surface area contributed by atoms with Crippen LogP contribution in [0.1, 0.15) is 17.4 Å². The normalized spacial score (nSPS) is 19.5. The molecule has 3 heterocycles. The Morgan fingerprint density at radius 3 is 2.53 bits per heavy atom. The molecule has 0 saturated carbocycles. The van der Waals surface area contributed by atoms with Gasteiger partial charge in [-0.05, 0) is 29.1 Å². The van der Waals surface area contributed by atoms with Crippen LogP contribution in [0.15, 0.2) is 63.5 Å². The minimum atomic E-state index is -0.910. The summed E-state index contributed by atoms with van der Waals surface area (Å²) in [5.74, 6) is -2.37. The molecule has 198 valence electrons. The number of benzene rings is 1. The first-order valence-corrected chi connectivity index (χ1v) is 13.3. The molecule has 2 atom stereocenters. The van der Waals surface area contributed by atoms with Gasteiger partial charge in [0.05, 0.1) is 11.3 Å². The van der Waals surface area contributed by atoms with Gasteiger partial charge in [-0.1, -0.05) is 29.4 Å². The molecule has 0 bridgehead atoms. The molecule has 2 amide bonds. The average molecular weight is 578 g/mol. The van der Waals surface area contributed by atoms with Crippen molar-refractivity contribution < 1.29 is 33.6 Å². The molecule has 2 aliphatic heterocycles. The molecule has 0 radical (unpaired) electrons. The summed E-state index contributed by atoms with van der Waals surface area (Å²) in [6, 6.07) is 8.16. The van der Waals surface area contributed by atoms with Crippen molar-refractivity contribution in [1.29, 1.82) is 0 Å². The van der Waals surface area contributed by atoms with Gasteiger partial charge in [0.2, 0.25) is 5.91 Å². The predicted octanol–water partition coefficient (Wildman–Crippen LogP) is 3.24. The van der Waals surface area contributed by atoms with Crippen LogP contribution in [0.2, 0.25) is 0 Å². The first kappa shape index (κ1) is 27.4. The molecule has 1 aromatic carbocycles. The Kier molecular flexibility index (Phi) is 8.49. The van der Waals surface area contributed by atoms with Gasteiger partial charge in [-0.3, -0.25) is 29.4 Å². The van der Waals surface area contributed by atoms with E-state index in [1.54, 1.807) is 0 Å². The number of thioether (sulfide) groups is 1. The lowest BCUT2D eigenvalue weighted by atomic mass is 10.0. The van der Waals surface area contributed by atoms with Crippen LogP contribution in [-0.4, -0.2) is 51.6 Å². The highest BCUT2D eigenvalue weighted by Crippen LogP contribution is 2.47. The maximum Gasteiger partial charge on any atom is 0.355 e. The third kappa shape index (κ3) is 5.90. The Balaban J connectivity index is 1.55. The van der Waals surface area contributed by atoms with E-state index in [9.17, 15) is 29.3 Å². The highest BCUT2D eigenvalue weighted by atomic mass is 35.5. The smallest absolute Gasteiger partial charge is 0.355 e. The lowest BCUT2D eigenvalue weighted by molar-refractivity contribution is -0.384. The minimum absolute atomic E-state index is 0.106. The summed E-state index contributed by atoms with van der Waals surface area (Å²) in [4.78, 5) is 63.1. The maximum absolute atomic E-state index is 13.3. The molecule has 0 aliphatic carbocycles. The summed E-state index contributed by atoms with van der Waals surface area (Å²) in [7, 11) is 0. The lowest BCUT2D eigenvalue weighted by Crippen LogP contribution is -2.70. The zero-order valence-electron chi connectivity index (χ0n) is 19.7. The van der Waals surface area contributed by atoms with E-state index in [4.69, 9.17) is 21.1 Å². The maximum atomic E-state index is 13.3. The monoisotopic (exact) mass is 577 g/mol. The molecule has 2 aromatic rings. The zero-order valence-corrected chi connectivity index (χ0v) is 22.1. The molecule has 1 N–H and O–H groups in total. The highest BCUT2D eigenvalue weighted by Gasteiger charge is 2.55. The van der Waals surface area contributed by atoms with Gasteiger partial charge in [-0.25, -0.2) is 4.79 Å². The summed E-state index contributed by atoms with van der Waals surface area (Å²) < 4.78 is 10.5. The molecule has 38 heavy (non-hydrogen) atoms. The van der Waals surface area contributed by atoms with Gasteiger partial charge in [-0.15, -0.1) is 11.3 Å². The number of amides is 2. The third-order valence-corrected chi connectivity index (χ3v) is 8.14. The van der Waals surface area contributed by atoms with Gasteiger partial charge in [0.15, 0.2) is 0 Å². The van der Waals surface area contributed by atoms with Crippen molar-refractivity contribution in [3.63, 3.8) is 0 Å². The molecule has 1 aromatic heterocycles. The van der Waals surface area contributed by atoms with Crippen LogP contribution < -0.4 is 5.32 Å².